The first-order valence-electron chi connectivity index (χ1n) is 7.90. The van der Waals surface area contributed by atoms with Crippen molar-refractivity contribution in [3.8, 4) is 0 Å². The predicted octanol–water partition coefficient (Wildman–Crippen LogP) is 2.55. The van der Waals surface area contributed by atoms with E-state index in [2.05, 4.69) is 22.2 Å². The molecule has 1 aliphatic carbocycles. The van der Waals surface area contributed by atoms with Crippen LogP contribution < -0.4 is 5.32 Å². The normalized spacial score (nSPS) is 17.7. The predicted molar refractivity (Wildman–Crippen MR) is 89.7 cm³/mol. The molecule has 0 aromatic carbocycles. The van der Waals surface area contributed by atoms with Crippen LogP contribution in [-0.4, -0.2) is 41.4 Å². The van der Waals surface area contributed by atoms with E-state index in [9.17, 15) is 0 Å². The highest BCUT2D eigenvalue weighted by atomic mass is 32.1. The van der Waals surface area contributed by atoms with Crippen LogP contribution in [0, 0.1) is 12.8 Å². The van der Waals surface area contributed by atoms with E-state index in [0.29, 0.717) is 19.8 Å². The summed E-state index contributed by atoms with van der Waals surface area (Å²) in [4.78, 5) is 11.8. The third-order valence-corrected chi connectivity index (χ3v) is 5.19. The van der Waals surface area contributed by atoms with Gasteiger partial charge in [-0.3, -0.25) is 0 Å². The lowest BCUT2D eigenvalue weighted by molar-refractivity contribution is 0.0992. The molecule has 2 heterocycles. The Morgan fingerprint density at radius 1 is 1.36 bits per heavy atom. The molecule has 2 aromatic rings. The fourth-order valence-corrected chi connectivity index (χ4v) is 4.41. The molecule has 0 radical (unpaired) electrons. The molecule has 2 N–H and O–H groups in total. The van der Waals surface area contributed by atoms with Crippen molar-refractivity contribution in [2.45, 2.75) is 33.1 Å². The van der Waals surface area contributed by atoms with Gasteiger partial charge in [0.1, 0.15) is 16.5 Å². The van der Waals surface area contributed by atoms with Gasteiger partial charge in [-0.1, -0.05) is 6.92 Å². The van der Waals surface area contributed by atoms with Crippen LogP contribution in [0.25, 0.3) is 10.2 Å². The number of aliphatic hydroxyl groups is 1. The number of hydrogen-bond donors (Lipinski definition) is 2. The van der Waals surface area contributed by atoms with Crippen molar-refractivity contribution < 1.29 is 9.84 Å². The van der Waals surface area contributed by atoms with Gasteiger partial charge in [-0.05, 0) is 37.7 Å². The maximum Gasteiger partial charge on any atom is 0.138 e. The van der Waals surface area contributed by atoms with Crippen LogP contribution in [0.4, 0.5) is 5.82 Å². The lowest BCUT2D eigenvalue weighted by atomic mass is 9.89. The molecule has 5 nitrogen and oxygen atoms in total. The first-order chi connectivity index (χ1) is 10.7. The number of nitrogens with one attached hydrogen (secondary N) is 1. The van der Waals surface area contributed by atoms with Crippen molar-refractivity contribution in [2.75, 3.05) is 31.7 Å². The van der Waals surface area contributed by atoms with Gasteiger partial charge in [0, 0.05) is 11.4 Å². The number of aliphatic hydroxyl groups excluding tert-OH is 1. The van der Waals surface area contributed by atoms with Gasteiger partial charge >= 0.3 is 0 Å². The molecule has 2 aromatic heterocycles. The second-order valence-corrected chi connectivity index (χ2v) is 7.00. The van der Waals surface area contributed by atoms with Crippen LogP contribution >= 0.6 is 11.3 Å². The van der Waals surface area contributed by atoms with Crippen LogP contribution in [0.15, 0.2) is 0 Å². The lowest BCUT2D eigenvalue weighted by Crippen LogP contribution is -2.13. The SMILES string of the molecule is Cc1nc(NCCOCCO)c2c3c(sc2n1)CC(C)CC3. The van der Waals surface area contributed by atoms with Crippen molar-refractivity contribution in [1.82, 2.24) is 9.97 Å². The van der Waals surface area contributed by atoms with E-state index in [1.165, 1.54) is 22.2 Å². The highest BCUT2D eigenvalue weighted by Gasteiger charge is 2.23. The Morgan fingerprint density at radius 2 is 2.23 bits per heavy atom. The second kappa shape index (κ2) is 6.89. The molecule has 1 unspecified atom stereocenters. The Labute approximate surface area is 134 Å². The minimum absolute atomic E-state index is 0.0626. The van der Waals surface area contributed by atoms with Gasteiger partial charge < -0.3 is 15.2 Å². The smallest absolute Gasteiger partial charge is 0.138 e. The molecule has 1 atom stereocenters. The molecule has 6 heteroatoms. The van der Waals surface area contributed by atoms with Gasteiger partial charge in [0.2, 0.25) is 0 Å². The average Bonchev–Trinajstić information content (AvgIpc) is 2.83. The maximum absolute atomic E-state index is 8.72. The summed E-state index contributed by atoms with van der Waals surface area (Å²) in [6, 6.07) is 0. The summed E-state index contributed by atoms with van der Waals surface area (Å²) >= 11 is 1.82. The molecule has 3 rings (SSSR count). The van der Waals surface area contributed by atoms with Crippen LogP contribution in [0.5, 0.6) is 0 Å². The highest BCUT2D eigenvalue weighted by molar-refractivity contribution is 7.19. The van der Waals surface area contributed by atoms with E-state index in [4.69, 9.17) is 9.84 Å². The zero-order chi connectivity index (χ0) is 15.5. The summed E-state index contributed by atoms with van der Waals surface area (Å²) in [7, 11) is 0. The number of anilines is 1. The van der Waals surface area contributed by atoms with Crippen molar-refractivity contribution in [3.63, 3.8) is 0 Å². The van der Waals surface area contributed by atoms with Crippen LogP contribution in [-0.2, 0) is 17.6 Å². The van der Waals surface area contributed by atoms with Gasteiger partial charge in [0.25, 0.3) is 0 Å². The molecule has 120 valence electrons. The molecule has 0 amide bonds. The van der Waals surface area contributed by atoms with Gasteiger partial charge in [-0.25, -0.2) is 9.97 Å². The van der Waals surface area contributed by atoms with Crippen LogP contribution in [0.2, 0.25) is 0 Å². The molecular weight excluding hydrogens is 298 g/mol. The molecule has 0 bridgehead atoms. The molecule has 1 aliphatic rings. The third kappa shape index (κ3) is 3.24. The quantitative estimate of drug-likeness (QED) is 0.800. The van der Waals surface area contributed by atoms with E-state index < -0.39 is 0 Å². The molecule has 0 aliphatic heterocycles. The lowest BCUT2D eigenvalue weighted by Gasteiger charge is -2.18. The van der Waals surface area contributed by atoms with Gasteiger partial charge in [0.15, 0.2) is 0 Å². The van der Waals surface area contributed by atoms with Crippen molar-refractivity contribution in [2.24, 2.45) is 5.92 Å². The summed E-state index contributed by atoms with van der Waals surface area (Å²) in [5.74, 6) is 2.50. The zero-order valence-corrected chi connectivity index (χ0v) is 14.0. The molecule has 0 fully saturated rings. The minimum Gasteiger partial charge on any atom is -0.394 e. The summed E-state index contributed by atoms with van der Waals surface area (Å²) in [6.45, 7) is 5.95. The van der Waals surface area contributed by atoms with E-state index in [0.717, 1.165) is 35.2 Å². The Hall–Kier alpha value is -1.24. The molecule has 22 heavy (non-hydrogen) atoms. The second-order valence-electron chi connectivity index (χ2n) is 5.91. The molecule has 0 spiro atoms. The van der Waals surface area contributed by atoms with E-state index in [1.54, 1.807) is 0 Å². The summed E-state index contributed by atoms with van der Waals surface area (Å²) in [6.07, 6.45) is 3.53. The van der Waals surface area contributed by atoms with Crippen LogP contribution in [0.3, 0.4) is 0 Å². The van der Waals surface area contributed by atoms with Crippen molar-refractivity contribution in [3.05, 3.63) is 16.3 Å². The third-order valence-electron chi connectivity index (χ3n) is 4.04. The van der Waals surface area contributed by atoms with Gasteiger partial charge in [-0.15, -0.1) is 11.3 Å². The Balaban J connectivity index is 1.85. The topological polar surface area (TPSA) is 67.3 Å². The van der Waals surface area contributed by atoms with E-state index in [-0.39, 0.29) is 6.61 Å². The monoisotopic (exact) mass is 321 g/mol. The van der Waals surface area contributed by atoms with E-state index in [1.807, 2.05) is 18.3 Å². The highest BCUT2D eigenvalue weighted by Crippen LogP contribution is 2.39. The number of thiophene rings is 1. The molecular formula is C16H23N3O2S. The number of aromatic nitrogens is 2. The largest absolute Gasteiger partial charge is 0.394 e. The standard InChI is InChI=1S/C16H23N3O2S/c1-10-3-4-12-13(9-10)22-16-14(12)15(18-11(2)19-16)17-5-7-21-8-6-20/h10,20H,3-9H2,1-2H3,(H,17,18,19). The first-order valence-corrected chi connectivity index (χ1v) is 8.72. The number of hydrogen-bond acceptors (Lipinski definition) is 6. The van der Waals surface area contributed by atoms with Crippen molar-refractivity contribution in [1.29, 1.82) is 0 Å². The van der Waals surface area contributed by atoms with Gasteiger partial charge in [0.05, 0.1) is 25.2 Å². The number of rotatable bonds is 6. The summed E-state index contributed by atoms with van der Waals surface area (Å²) < 4.78 is 5.30. The average molecular weight is 321 g/mol. The first kappa shape index (κ1) is 15.6. The molecule has 0 saturated heterocycles. The Morgan fingerprint density at radius 3 is 3.05 bits per heavy atom. The minimum atomic E-state index is 0.0626. The van der Waals surface area contributed by atoms with Crippen LogP contribution in [0.1, 0.15) is 29.6 Å². The Bertz CT molecular complexity index is 656. The number of nitrogens with zero attached hydrogens (tertiary/aromatic N) is 2. The Kier molecular flexibility index (Phi) is 4.90. The number of ether oxygens (including phenoxy) is 1. The van der Waals surface area contributed by atoms with Crippen molar-refractivity contribution >= 4 is 27.4 Å². The van der Waals surface area contributed by atoms with Gasteiger partial charge in [-0.2, -0.15) is 0 Å². The summed E-state index contributed by atoms with van der Waals surface area (Å²) in [5, 5.41) is 13.3. The number of aryl methyl sites for hydroxylation is 2. The van der Waals surface area contributed by atoms with E-state index >= 15 is 0 Å². The fraction of sp³-hybridized carbons (Fsp3) is 0.625. The molecule has 0 saturated carbocycles. The maximum atomic E-state index is 8.72. The summed E-state index contributed by atoms with van der Waals surface area (Å²) in [5.41, 5.74) is 1.44. The fourth-order valence-electron chi connectivity index (χ4n) is 2.99. The zero-order valence-electron chi connectivity index (χ0n) is 13.2. The number of fused-ring (bicyclic) bond motifs is 3.